The SMILES string of the molecule is COc1cnc(C)cc1NCCC(C)(C)C. The van der Waals surface area contributed by atoms with Crippen molar-refractivity contribution < 1.29 is 4.74 Å². The lowest BCUT2D eigenvalue weighted by molar-refractivity contribution is 0.388. The van der Waals surface area contributed by atoms with E-state index in [-0.39, 0.29) is 0 Å². The van der Waals surface area contributed by atoms with Crippen LogP contribution in [0.3, 0.4) is 0 Å². The summed E-state index contributed by atoms with van der Waals surface area (Å²) in [5.41, 5.74) is 2.38. The molecule has 0 bridgehead atoms. The van der Waals surface area contributed by atoms with Crippen molar-refractivity contribution in [3.63, 3.8) is 0 Å². The molecule has 0 spiro atoms. The second-order valence-electron chi connectivity index (χ2n) is 5.26. The summed E-state index contributed by atoms with van der Waals surface area (Å²) in [5.74, 6) is 0.805. The number of aromatic nitrogens is 1. The third-order valence-corrected chi connectivity index (χ3v) is 2.41. The molecule has 0 atom stereocenters. The zero-order chi connectivity index (χ0) is 12.2. The molecule has 0 saturated carbocycles. The first-order chi connectivity index (χ1) is 7.42. The summed E-state index contributed by atoms with van der Waals surface area (Å²) in [6.07, 6.45) is 2.88. The van der Waals surface area contributed by atoms with Crippen molar-refractivity contribution in [3.8, 4) is 5.75 Å². The van der Waals surface area contributed by atoms with Gasteiger partial charge in [0.2, 0.25) is 0 Å². The van der Waals surface area contributed by atoms with Crippen LogP contribution in [0.2, 0.25) is 0 Å². The highest BCUT2D eigenvalue weighted by molar-refractivity contribution is 5.55. The van der Waals surface area contributed by atoms with Crippen molar-refractivity contribution in [3.05, 3.63) is 18.0 Å². The first-order valence-electron chi connectivity index (χ1n) is 5.67. The highest BCUT2D eigenvalue weighted by Crippen LogP contribution is 2.25. The summed E-state index contributed by atoms with van der Waals surface area (Å²) in [4.78, 5) is 4.20. The molecule has 0 amide bonds. The number of methoxy groups -OCH3 is 1. The lowest BCUT2D eigenvalue weighted by Gasteiger charge is -2.19. The Labute approximate surface area is 98.2 Å². The predicted molar refractivity (Wildman–Crippen MR) is 68.1 cm³/mol. The smallest absolute Gasteiger partial charge is 0.160 e. The van der Waals surface area contributed by atoms with Crippen molar-refractivity contribution in [1.82, 2.24) is 4.98 Å². The molecule has 90 valence electrons. The molecular formula is C13H22N2O. The second-order valence-corrected chi connectivity index (χ2v) is 5.26. The minimum Gasteiger partial charge on any atom is -0.493 e. The number of pyridine rings is 1. The summed E-state index contributed by atoms with van der Waals surface area (Å²) in [6, 6.07) is 2.02. The molecular weight excluding hydrogens is 200 g/mol. The van der Waals surface area contributed by atoms with Gasteiger partial charge in [0.1, 0.15) is 0 Å². The van der Waals surface area contributed by atoms with Crippen LogP contribution >= 0.6 is 0 Å². The molecule has 1 aromatic rings. The Morgan fingerprint density at radius 3 is 2.62 bits per heavy atom. The topological polar surface area (TPSA) is 34.1 Å². The fourth-order valence-electron chi connectivity index (χ4n) is 1.42. The van der Waals surface area contributed by atoms with Crippen molar-refractivity contribution in [2.45, 2.75) is 34.1 Å². The van der Waals surface area contributed by atoms with Crippen molar-refractivity contribution in [2.75, 3.05) is 19.0 Å². The molecule has 0 radical (unpaired) electrons. The van der Waals surface area contributed by atoms with Gasteiger partial charge >= 0.3 is 0 Å². The van der Waals surface area contributed by atoms with Crippen LogP contribution in [0, 0.1) is 12.3 Å². The largest absolute Gasteiger partial charge is 0.493 e. The van der Waals surface area contributed by atoms with E-state index in [4.69, 9.17) is 4.74 Å². The monoisotopic (exact) mass is 222 g/mol. The lowest BCUT2D eigenvalue weighted by Crippen LogP contribution is -2.13. The van der Waals surface area contributed by atoms with Crippen LogP contribution in [-0.4, -0.2) is 18.6 Å². The summed E-state index contributed by atoms with van der Waals surface area (Å²) in [7, 11) is 1.67. The van der Waals surface area contributed by atoms with Gasteiger partial charge in [-0.25, -0.2) is 0 Å². The van der Waals surface area contributed by atoms with Gasteiger partial charge in [0.05, 0.1) is 19.0 Å². The minimum absolute atomic E-state index is 0.350. The minimum atomic E-state index is 0.350. The standard InChI is InChI=1S/C13H22N2O/c1-10-8-11(12(16-5)9-15-10)14-7-6-13(2,3)4/h8-9H,6-7H2,1-5H3,(H,14,15). The van der Waals surface area contributed by atoms with E-state index in [1.807, 2.05) is 13.0 Å². The van der Waals surface area contributed by atoms with Gasteiger partial charge in [-0.15, -0.1) is 0 Å². The second kappa shape index (κ2) is 5.19. The fourth-order valence-corrected chi connectivity index (χ4v) is 1.42. The normalized spacial score (nSPS) is 11.3. The first-order valence-corrected chi connectivity index (χ1v) is 5.67. The van der Waals surface area contributed by atoms with Gasteiger partial charge < -0.3 is 10.1 Å². The van der Waals surface area contributed by atoms with Gasteiger partial charge in [0.15, 0.2) is 5.75 Å². The van der Waals surface area contributed by atoms with Gasteiger partial charge in [-0.2, -0.15) is 0 Å². The Hall–Kier alpha value is -1.25. The Morgan fingerprint density at radius 2 is 2.06 bits per heavy atom. The van der Waals surface area contributed by atoms with Crippen LogP contribution < -0.4 is 10.1 Å². The van der Waals surface area contributed by atoms with Crippen LogP contribution in [-0.2, 0) is 0 Å². The Bertz CT molecular complexity index is 342. The van der Waals surface area contributed by atoms with E-state index >= 15 is 0 Å². The molecule has 0 unspecified atom stereocenters. The van der Waals surface area contributed by atoms with E-state index in [1.54, 1.807) is 13.3 Å². The highest BCUT2D eigenvalue weighted by Gasteiger charge is 2.10. The maximum Gasteiger partial charge on any atom is 0.160 e. The third kappa shape index (κ3) is 4.09. The Kier molecular flexibility index (Phi) is 4.16. The maximum absolute atomic E-state index is 5.26. The molecule has 1 heterocycles. The molecule has 0 saturated heterocycles. The average molecular weight is 222 g/mol. The molecule has 0 fully saturated rings. The number of hydrogen-bond acceptors (Lipinski definition) is 3. The molecule has 16 heavy (non-hydrogen) atoms. The number of anilines is 1. The quantitative estimate of drug-likeness (QED) is 0.849. The van der Waals surface area contributed by atoms with Crippen LogP contribution in [0.15, 0.2) is 12.3 Å². The third-order valence-electron chi connectivity index (χ3n) is 2.41. The van der Waals surface area contributed by atoms with E-state index in [0.29, 0.717) is 5.41 Å². The number of aryl methyl sites for hydroxylation is 1. The van der Waals surface area contributed by atoms with Crippen LogP contribution in [0.4, 0.5) is 5.69 Å². The molecule has 0 aromatic carbocycles. The zero-order valence-electron chi connectivity index (χ0n) is 10.9. The van der Waals surface area contributed by atoms with E-state index in [2.05, 4.69) is 31.1 Å². The Morgan fingerprint density at radius 1 is 1.38 bits per heavy atom. The van der Waals surface area contributed by atoms with Crippen LogP contribution in [0.25, 0.3) is 0 Å². The number of hydrogen-bond donors (Lipinski definition) is 1. The molecule has 1 rings (SSSR count). The van der Waals surface area contributed by atoms with Gasteiger partial charge in [-0.1, -0.05) is 20.8 Å². The number of rotatable bonds is 4. The molecule has 0 aliphatic carbocycles. The van der Waals surface area contributed by atoms with Gasteiger partial charge in [-0.3, -0.25) is 4.98 Å². The highest BCUT2D eigenvalue weighted by atomic mass is 16.5. The molecule has 0 aliphatic rings. The molecule has 1 aromatic heterocycles. The van der Waals surface area contributed by atoms with Gasteiger partial charge in [-0.05, 0) is 24.8 Å². The molecule has 3 nitrogen and oxygen atoms in total. The van der Waals surface area contributed by atoms with Gasteiger partial charge in [0, 0.05) is 12.2 Å². The predicted octanol–water partition coefficient (Wildman–Crippen LogP) is 3.25. The van der Waals surface area contributed by atoms with E-state index < -0.39 is 0 Å². The zero-order valence-corrected chi connectivity index (χ0v) is 10.9. The Balaban J connectivity index is 2.62. The van der Waals surface area contributed by atoms with Crippen molar-refractivity contribution in [1.29, 1.82) is 0 Å². The van der Waals surface area contributed by atoms with Crippen LogP contribution in [0.5, 0.6) is 5.75 Å². The summed E-state index contributed by atoms with van der Waals surface area (Å²) >= 11 is 0. The van der Waals surface area contributed by atoms with Crippen LogP contribution in [0.1, 0.15) is 32.9 Å². The van der Waals surface area contributed by atoms with E-state index in [9.17, 15) is 0 Å². The first kappa shape index (κ1) is 12.8. The number of ether oxygens (including phenoxy) is 1. The molecule has 0 aliphatic heterocycles. The fraction of sp³-hybridized carbons (Fsp3) is 0.615. The molecule has 3 heteroatoms. The average Bonchev–Trinajstić information content (AvgIpc) is 2.16. The number of nitrogens with zero attached hydrogens (tertiary/aromatic N) is 1. The van der Waals surface area contributed by atoms with Gasteiger partial charge in [0.25, 0.3) is 0 Å². The van der Waals surface area contributed by atoms with E-state index in [0.717, 1.165) is 30.1 Å². The summed E-state index contributed by atoms with van der Waals surface area (Å²) < 4.78 is 5.26. The summed E-state index contributed by atoms with van der Waals surface area (Å²) in [6.45, 7) is 9.65. The van der Waals surface area contributed by atoms with Crippen molar-refractivity contribution >= 4 is 5.69 Å². The van der Waals surface area contributed by atoms with E-state index in [1.165, 1.54) is 0 Å². The maximum atomic E-state index is 5.26. The summed E-state index contributed by atoms with van der Waals surface area (Å²) in [5, 5.41) is 3.40. The lowest BCUT2D eigenvalue weighted by atomic mass is 9.92. The molecule has 1 N–H and O–H groups in total. The number of nitrogens with one attached hydrogen (secondary N) is 1. The van der Waals surface area contributed by atoms with Crippen molar-refractivity contribution in [2.24, 2.45) is 5.41 Å².